The lowest BCUT2D eigenvalue weighted by Gasteiger charge is -2.46. The minimum absolute atomic E-state index is 0.0740. The molecule has 4 nitrogen and oxygen atoms in total. The van der Waals surface area contributed by atoms with Crippen LogP contribution in [0.25, 0.3) is 0 Å². The maximum absolute atomic E-state index is 12.3. The predicted molar refractivity (Wildman–Crippen MR) is 69.0 cm³/mol. The normalized spacial score (nSPS) is 22.8. The molecule has 1 aliphatic heterocycles. The number of aliphatic hydroxyl groups is 1. The highest BCUT2D eigenvalue weighted by atomic mass is 16.3. The predicted octanol–water partition coefficient (Wildman–Crippen LogP) is 1.39. The highest BCUT2D eigenvalue weighted by Gasteiger charge is 2.39. The van der Waals surface area contributed by atoms with Gasteiger partial charge in [0, 0.05) is 18.9 Å². The largest absolute Gasteiger partial charge is 0.391 e. The van der Waals surface area contributed by atoms with E-state index in [-0.39, 0.29) is 5.91 Å². The second kappa shape index (κ2) is 5.06. The summed E-state index contributed by atoms with van der Waals surface area (Å²) < 4.78 is 0. The molecule has 1 unspecified atom stereocenters. The molecule has 2 rings (SSSR count). The van der Waals surface area contributed by atoms with Crippen molar-refractivity contribution in [2.75, 3.05) is 6.54 Å². The molecule has 1 aromatic rings. The number of nitrogens with zero attached hydrogens (tertiary/aromatic N) is 2. The zero-order valence-electron chi connectivity index (χ0n) is 11.0. The Balaban J connectivity index is 2.09. The van der Waals surface area contributed by atoms with Crippen LogP contribution in [0.4, 0.5) is 0 Å². The summed E-state index contributed by atoms with van der Waals surface area (Å²) in [5.41, 5.74) is 0.494. The number of aromatic nitrogens is 1. The molecule has 0 bridgehead atoms. The zero-order chi connectivity index (χ0) is 13.2. The molecular weight excluding hydrogens is 228 g/mol. The van der Waals surface area contributed by atoms with Gasteiger partial charge < -0.3 is 10.0 Å². The number of hydrogen-bond acceptors (Lipinski definition) is 3. The molecule has 1 aromatic heterocycles. The van der Waals surface area contributed by atoms with Crippen LogP contribution < -0.4 is 0 Å². The van der Waals surface area contributed by atoms with Gasteiger partial charge in [0.25, 0.3) is 0 Å². The first-order chi connectivity index (χ1) is 8.51. The fourth-order valence-electron chi connectivity index (χ4n) is 2.48. The van der Waals surface area contributed by atoms with Gasteiger partial charge in [0.1, 0.15) is 0 Å². The average Bonchev–Trinajstić information content (AvgIpc) is 2.33. The van der Waals surface area contributed by atoms with Gasteiger partial charge >= 0.3 is 0 Å². The summed E-state index contributed by atoms with van der Waals surface area (Å²) in [6, 6.07) is 3.70. The van der Waals surface area contributed by atoms with Crippen LogP contribution in [0, 0.1) is 0 Å². The number of hydrogen-bond donors (Lipinski definition) is 1. The maximum atomic E-state index is 12.3. The standard InChI is InChI=1S/C14H20N2O2/c1-14(2)12(17)4-3-9-16(14)13(18)10-11-5-7-15-8-6-11/h5-8,12,17H,3-4,9-10H2,1-2H3. The Morgan fingerprint density at radius 2 is 2.17 bits per heavy atom. The van der Waals surface area contributed by atoms with Crippen molar-refractivity contribution in [2.45, 2.75) is 44.8 Å². The maximum Gasteiger partial charge on any atom is 0.227 e. The number of piperidine rings is 1. The number of pyridine rings is 1. The topological polar surface area (TPSA) is 53.4 Å². The zero-order valence-corrected chi connectivity index (χ0v) is 11.0. The molecular formula is C14H20N2O2. The molecule has 1 saturated heterocycles. The summed E-state index contributed by atoms with van der Waals surface area (Å²) in [4.78, 5) is 18.1. The van der Waals surface area contributed by atoms with Gasteiger partial charge in [0.2, 0.25) is 5.91 Å². The molecule has 0 saturated carbocycles. The third kappa shape index (κ3) is 2.53. The van der Waals surface area contributed by atoms with Crippen molar-refractivity contribution in [3.63, 3.8) is 0 Å². The third-order valence-electron chi connectivity index (χ3n) is 3.78. The first kappa shape index (κ1) is 13.0. The summed E-state index contributed by atoms with van der Waals surface area (Å²) in [5, 5.41) is 10.0. The van der Waals surface area contributed by atoms with E-state index in [4.69, 9.17) is 0 Å². The molecule has 1 amide bonds. The van der Waals surface area contributed by atoms with Gasteiger partial charge in [0.05, 0.1) is 18.1 Å². The smallest absolute Gasteiger partial charge is 0.227 e. The molecule has 0 spiro atoms. The number of rotatable bonds is 2. The number of carbonyl (C=O) groups excluding carboxylic acids is 1. The highest BCUT2D eigenvalue weighted by Crippen LogP contribution is 2.28. The molecule has 0 aliphatic carbocycles. The van der Waals surface area contributed by atoms with Crippen molar-refractivity contribution in [3.8, 4) is 0 Å². The first-order valence-corrected chi connectivity index (χ1v) is 6.39. The van der Waals surface area contributed by atoms with Gasteiger partial charge in [-0.25, -0.2) is 0 Å². The summed E-state index contributed by atoms with van der Waals surface area (Å²) in [6.07, 6.45) is 4.96. The number of amides is 1. The molecule has 1 aliphatic rings. The van der Waals surface area contributed by atoms with E-state index >= 15 is 0 Å². The average molecular weight is 248 g/mol. The molecule has 18 heavy (non-hydrogen) atoms. The van der Waals surface area contributed by atoms with Crippen LogP contribution in [0.5, 0.6) is 0 Å². The van der Waals surface area contributed by atoms with Crippen LogP contribution in [0.1, 0.15) is 32.3 Å². The van der Waals surface area contributed by atoms with Crippen molar-refractivity contribution in [2.24, 2.45) is 0 Å². The molecule has 0 aromatic carbocycles. The fourth-order valence-corrected chi connectivity index (χ4v) is 2.48. The van der Waals surface area contributed by atoms with Crippen molar-refractivity contribution < 1.29 is 9.90 Å². The van der Waals surface area contributed by atoms with Crippen molar-refractivity contribution >= 4 is 5.91 Å². The quantitative estimate of drug-likeness (QED) is 0.860. The number of likely N-dealkylation sites (tertiary alicyclic amines) is 1. The molecule has 98 valence electrons. The van der Waals surface area contributed by atoms with Crippen molar-refractivity contribution in [1.29, 1.82) is 0 Å². The summed E-state index contributed by atoms with van der Waals surface area (Å²) in [6.45, 7) is 4.59. The molecule has 0 radical (unpaired) electrons. The second-order valence-corrected chi connectivity index (χ2v) is 5.39. The Kier molecular flexibility index (Phi) is 3.66. The number of aliphatic hydroxyl groups excluding tert-OH is 1. The molecule has 1 N–H and O–H groups in total. The SMILES string of the molecule is CC1(C)C(O)CCCN1C(=O)Cc1ccncc1. The van der Waals surface area contributed by atoms with Crippen LogP contribution in [-0.2, 0) is 11.2 Å². The van der Waals surface area contributed by atoms with E-state index in [1.807, 2.05) is 30.9 Å². The Morgan fingerprint density at radius 1 is 1.50 bits per heavy atom. The van der Waals surface area contributed by atoms with Gasteiger partial charge in [-0.2, -0.15) is 0 Å². The van der Waals surface area contributed by atoms with Crippen LogP contribution in [0.15, 0.2) is 24.5 Å². The summed E-state index contributed by atoms with van der Waals surface area (Å²) in [5.74, 6) is 0.0740. The van der Waals surface area contributed by atoms with Gasteiger partial charge in [-0.3, -0.25) is 9.78 Å². The first-order valence-electron chi connectivity index (χ1n) is 6.39. The summed E-state index contributed by atoms with van der Waals surface area (Å²) >= 11 is 0. The Bertz CT molecular complexity index is 417. The Morgan fingerprint density at radius 3 is 2.83 bits per heavy atom. The van der Waals surface area contributed by atoms with Gasteiger partial charge in [-0.1, -0.05) is 0 Å². The third-order valence-corrected chi connectivity index (χ3v) is 3.78. The van der Waals surface area contributed by atoms with E-state index in [1.165, 1.54) is 0 Å². The van der Waals surface area contributed by atoms with Gasteiger partial charge in [-0.15, -0.1) is 0 Å². The molecule has 4 heteroatoms. The minimum Gasteiger partial charge on any atom is -0.391 e. The van der Waals surface area contributed by atoms with E-state index in [1.54, 1.807) is 12.4 Å². The van der Waals surface area contributed by atoms with Crippen LogP contribution >= 0.6 is 0 Å². The van der Waals surface area contributed by atoms with E-state index < -0.39 is 11.6 Å². The van der Waals surface area contributed by atoms with Crippen LogP contribution in [-0.4, -0.2) is 39.1 Å². The van der Waals surface area contributed by atoms with Gasteiger partial charge in [-0.05, 0) is 44.4 Å². The lowest BCUT2D eigenvalue weighted by molar-refractivity contribution is -0.144. The molecule has 1 atom stereocenters. The monoisotopic (exact) mass is 248 g/mol. The van der Waals surface area contributed by atoms with E-state index in [2.05, 4.69) is 4.98 Å². The lowest BCUT2D eigenvalue weighted by atomic mass is 9.87. The summed E-state index contributed by atoms with van der Waals surface area (Å²) in [7, 11) is 0. The van der Waals surface area contributed by atoms with E-state index in [0.29, 0.717) is 6.42 Å². The lowest BCUT2D eigenvalue weighted by Crippen LogP contribution is -2.58. The molecule has 1 fully saturated rings. The second-order valence-electron chi connectivity index (χ2n) is 5.39. The highest BCUT2D eigenvalue weighted by molar-refractivity contribution is 5.79. The fraction of sp³-hybridized carbons (Fsp3) is 0.571. The van der Waals surface area contributed by atoms with Crippen molar-refractivity contribution in [3.05, 3.63) is 30.1 Å². The Labute approximate surface area is 108 Å². The van der Waals surface area contributed by atoms with Crippen molar-refractivity contribution in [1.82, 2.24) is 9.88 Å². The van der Waals surface area contributed by atoms with Crippen LogP contribution in [0.2, 0.25) is 0 Å². The van der Waals surface area contributed by atoms with E-state index in [0.717, 1.165) is 24.9 Å². The Hall–Kier alpha value is -1.42. The van der Waals surface area contributed by atoms with Crippen LogP contribution in [0.3, 0.4) is 0 Å². The number of carbonyl (C=O) groups is 1. The molecule has 2 heterocycles. The minimum atomic E-state index is -0.470. The van der Waals surface area contributed by atoms with E-state index in [9.17, 15) is 9.90 Å². The van der Waals surface area contributed by atoms with Gasteiger partial charge in [0.15, 0.2) is 0 Å².